The van der Waals surface area contributed by atoms with Gasteiger partial charge in [0.15, 0.2) is 0 Å². The molecular weight excluding hydrogens is 324 g/mol. The zero-order chi connectivity index (χ0) is 17.8. The number of unbranched alkanes of at least 4 members (excludes halogenated alkanes) is 1. The summed E-state index contributed by atoms with van der Waals surface area (Å²) in [6.07, 6.45) is 8.20. The molecule has 3 heterocycles. The topological polar surface area (TPSA) is 74.1 Å². The first-order chi connectivity index (χ1) is 12.8. The van der Waals surface area contributed by atoms with Gasteiger partial charge in [-0.2, -0.15) is 0 Å². The van der Waals surface area contributed by atoms with Crippen LogP contribution < -0.4 is 10.6 Å². The molecule has 0 atom stereocenters. The number of aromatic nitrogens is 3. The predicted molar refractivity (Wildman–Crippen MR) is 106 cm³/mol. The van der Waals surface area contributed by atoms with Crippen molar-refractivity contribution >= 4 is 16.9 Å². The summed E-state index contributed by atoms with van der Waals surface area (Å²) < 4.78 is 0. The lowest BCUT2D eigenvalue weighted by atomic mass is 10.1. The zero-order valence-corrected chi connectivity index (χ0v) is 15.1. The van der Waals surface area contributed by atoms with Gasteiger partial charge < -0.3 is 15.6 Å². The molecule has 1 aliphatic rings. The van der Waals surface area contributed by atoms with Gasteiger partial charge in [-0.3, -0.25) is 4.90 Å². The molecule has 1 aliphatic heterocycles. The minimum absolute atomic E-state index is 0.788. The number of rotatable bonds is 6. The third-order valence-corrected chi connectivity index (χ3v) is 5.12. The van der Waals surface area contributed by atoms with E-state index in [4.69, 9.17) is 5.73 Å². The second-order valence-electron chi connectivity index (χ2n) is 6.84. The Morgan fingerprint density at radius 1 is 1.00 bits per heavy atom. The number of nitrogens with zero attached hydrogens (tertiary/aromatic N) is 4. The van der Waals surface area contributed by atoms with Crippen molar-refractivity contribution in [1.82, 2.24) is 19.9 Å². The molecule has 1 aromatic carbocycles. The second-order valence-corrected chi connectivity index (χ2v) is 6.84. The number of nitrogens with two attached hydrogens (primary N) is 1. The highest BCUT2D eigenvalue weighted by Gasteiger charge is 2.18. The molecule has 0 saturated carbocycles. The maximum Gasteiger partial charge on any atom is 0.225 e. The van der Waals surface area contributed by atoms with E-state index in [1.165, 1.54) is 11.8 Å². The number of hydrogen-bond donors (Lipinski definition) is 2. The largest absolute Gasteiger partial charge is 0.361 e. The highest BCUT2D eigenvalue weighted by molar-refractivity contribution is 5.95. The number of fused-ring (bicyclic) bond motifs is 1. The minimum Gasteiger partial charge on any atom is -0.361 e. The van der Waals surface area contributed by atoms with Gasteiger partial charge in [0.1, 0.15) is 0 Å². The summed E-state index contributed by atoms with van der Waals surface area (Å²) in [7, 11) is 0. The zero-order valence-electron chi connectivity index (χ0n) is 15.1. The molecule has 6 heteroatoms. The Morgan fingerprint density at radius 3 is 2.54 bits per heavy atom. The van der Waals surface area contributed by atoms with Crippen LogP contribution in [0.4, 0.5) is 5.95 Å². The Kier molecular flexibility index (Phi) is 5.13. The quantitative estimate of drug-likeness (QED) is 0.668. The Labute approximate surface area is 154 Å². The van der Waals surface area contributed by atoms with E-state index in [0.717, 1.165) is 68.3 Å². The van der Waals surface area contributed by atoms with Crippen molar-refractivity contribution in [3.05, 3.63) is 42.9 Å². The van der Waals surface area contributed by atoms with Gasteiger partial charge in [-0.05, 0) is 32.0 Å². The van der Waals surface area contributed by atoms with Gasteiger partial charge in [-0.15, -0.1) is 0 Å². The summed E-state index contributed by atoms with van der Waals surface area (Å²) in [6.45, 7) is 6.03. The predicted octanol–water partition coefficient (Wildman–Crippen LogP) is 2.49. The number of benzene rings is 1. The van der Waals surface area contributed by atoms with Crippen molar-refractivity contribution in [2.75, 3.05) is 44.2 Å². The molecule has 0 radical (unpaired) electrons. The number of hydrogen-bond acceptors (Lipinski definition) is 5. The Balaban J connectivity index is 1.41. The molecular formula is C20H26N6. The van der Waals surface area contributed by atoms with Crippen molar-refractivity contribution in [3.8, 4) is 11.1 Å². The van der Waals surface area contributed by atoms with Crippen LogP contribution in [0.1, 0.15) is 12.8 Å². The van der Waals surface area contributed by atoms with Crippen LogP contribution in [0, 0.1) is 0 Å². The number of piperazine rings is 1. The van der Waals surface area contributed by atoms with Gasteiger partial charge in [0.2, 0.25) is 5.95 Å². The summed E-state index contributed by atoms with van der Waals surface area (Å²) in [6, 6.07) is 8.31. The molecule has 3 aromatic rings. The third-order valence-electron chi connectivity index (χ3n) is 5.12. The molecule has 2 aromatic heterocycles. The molecule has 0 bridgehead atoms. The molecule has 1 fully saturated rings. The van der Waals surface area contributed by atoms with Crippen LogP contribution in [-0.2, 0) is 0 Å². The molecule has 1 saturated heterocycles. The Morgan fingerprint density at radius 2 is 1.77 bits per heavy atom. The number of aromatic amines is 1. The van der Waals surface area contributed by atoms with E-state index in [2.05, 4.69) is 43.0 Å². The standard InChI is InChI=1S/C20H26N6/c21-7-3-4-8-25-9-11-26(12-10-25)20-23-13-16(14-24-20)18-15-22-19-6-2-1-5-17(18)19/h1-2,5-6,13-15,22H,3-4,7-12,21H2. The first-order valence-electron chi connectivity index (χ1n) is 9.41. The molecule has 26 heavy (non-hydrogen) atoms. The average Bonchev–Trinajstić information content (AvgIpc) is 3.13. The van der Waals surface area contributed by atoms with Crippen molar-refractivity contribution < 1.29 is 0 Å². The summed E-state index contributed by atoms with van der Waals surface area (Å²) in [5.41, 5.74) is 8.91. The highest BCUT2D eigenvalue weighted by atomic mass is 15.3. The molecule has 0 aliphatic carbocycles. The van der Waals surface area contributed by atoms with E-state index in [1.54, 1.807) is 0 Å². The smallest absolute Gasteiger partial charge is 0.225 e. The molecule has 4 rings (SSSR count). The van der Waals surface area contributed by atoms with Gasteiger partial charge in [0.05, 0.1) is 0 Å². The first kappa shape index (κ1) is 17.0. The van der Waals surface area contributed by atoms with E-state index < -0.39 is 0 Å². The molecule has 3 N–H and O–H groups in total. The Bertz CT molecular complexity index is 833. The van der Waals surface area contributed by atoms with Crippen molar-refractivity contribution in [2.45, 2.75) is 12.8 Å². The van der Waals surface area contributed by atoms with E-state index in [-0.39, 0.29) is 0 Å². The average molecular weight is 350 g/mol. The summed E-state index contributed by atoms with van der Waals surface area (Å²) >= 11 is 0. The number of para-hydroxylation sites is 1. The van der Waals surface area contributed by atoms with Crippen LogP contribution in [-0.4, -0.2) is 59.1 Å². The van der Waals surface area contributed by atoms with E-state index in [9.17, 15) is 0 Å². The fraction of sp³-hybridized carbons (Fsp3) is 0.400. The molecule has 0 unspecified atom stereocenters. The minimum atomic E-state index is 0.788. The van der Waals surface area contributed by atoms with Crippen LogP contribution in [0.15, 0.2) is 42.9 Å². The van der Waals surface area contributed by atoms with Gasteiger partial charge >= 0.3 is 0 Å². The lowest BCUT2D eigenvalue weighted by molar-refractivity contribution is 0.252. The van der Waals surface area contributed by atoms with E-state index in [1.807, 2.05) is 24.7 Å². The maximum absolute atomic E-state index is 5.57. The van der Waals surface area contributed by atoms with Crippen molar-refractivity contribution in [1.29, 1.82) is 0 Å². The molecule has 136 valence electrons. The lowest BCUT2D eigenvalue weighted by Gasteiger charge is -2.34. The molecule has 6 nitrogen and oxygen atoms in total. The number of nitrogens with one attached hydrogen (secondary N) is 1. The molecule has 0 amide bonds. The van der Waals surface area contributed by atoms with Crippen LogP contribution in [0.2, 0.25) is 0 Å². The van der Waals surface area contributed by atoms with E-state index in [0.29, 0.717) is 0 Å². The van der Waals surface area contributed by atoms with Gasteiger partial charge in [0.25, 0.3) is 0 Å². The summed E-state index contributed by atoms with van der Waals surface area (Å²) in [5, 5.41) is 1.20. The number of anilines is 1. The van der Waals surface area contributed by atoms with Crippen molar-refractivity contribution in [3.63, 3.8) is 0 Å². The third kappa shape index (κ3) is 3.57. The monoisotopic (exact) mass is 350 g/mol. The van der Waals surface area contributed by atoms with Crippen LogP contribution >= 0.6 is 0 Å². The van der Waals surface area contributed by atoms with Gasteiger partial charge in [-0.25, -0.2) is 9.97 Å². The summed E-state index contributed by atoms with van der Waals surface area (Å²) in [5.74, 6) is 0.829. The fourth-order valence-electron chi connectivity index (χ4n) is 3.59. The maximum atomic E-state index is 5.57. The normalized spacial score (nSPS) is 15.7. The first-order valence-corrected chi connectivity index (χ1v) is 9.41. The lowest BCUT2D eigenvalue weighted by Crippen LogP contribution is -2.47. The van der Waals surface area contributed by atoms with Gasteiger partial charge in [0, 0.05) is 66.8 Å². The Hall–Kier alpha value is -2.44. The van der Waals surface area contributed by atoms with Gasteiger partial charge in [-0.1, -0.05) is 18.2 Å². The van der Waals surface area contributed by atoms with Crippen LogP contribution in [0.5, 0.6) is 0 Å². The van der Waals surface area contributed by atoms with Crippen LogP contribution in [0.3, 0.4) is 0 Å². The molecule has 0 spiro atoms. The SMILES string of the molecule is NCCCCN1CCN(c2ncc(-c3c[nH]c4ccccc34)cn2)CC1. The summed E-state index contributed by atoms with van der Waals surface area (Å²) in [4.78, 5) is 17.4. The van der Waals surface area contributed by atoms with E-state index >= 15 is 0 Å². The van der Waals surface area contributed by atoms with Crippen LogP contribution in [0.25, 0.3) is 22.0 Å². The van der Waals surface area contributed by atoms with Crippen molar-refractivity contribution in [2.24, 2.45) is 5.73 Å². The second kappa shape index (κ2) is 7.85. The fourth-order valence-corrected chi connectivity index (χ4v) is 3.59. The number of H-pyrrole nitrogens is 1. The highest BCUT2D eigenvalue weighted by Crippen LogP contribution is 2.28.